The first-order valence-electron chi connectivity index (χ1n) is 7.48. The van der Waals surface area contributed by atoms with Crippen LogP contribution in [0.15, 0.2) is 10.5 Å². The maximum atomic E-state index is 12.2. The Labute approximate surface area is 123 Å². The summed E-state index contributed by atoms with van der Waals surface area (Å²) >= 11 is 0. The van der Waals surface area contributed by atoms with E-state index in [1.165, 1.54) is 17.7 Å². The first-order chi connectivity index (χ1) is 10.1. The van der Waals surface area contributed by atoms with Gasteiger partial charge in [0.1, 0.15) is 11.8 Å². The molecule has 0 radical (unpaired) electrons. The molecule has 0 unspecified atom stereocenters. The number of rotatable bonds is 5. The van der Waals surface area contributed by atoms with Gasteiger partial charge in [-0.3, -0.25) is 9.69 Å². The predicted molar refractivity (Wildman–Crippen MR) is 75.1 cm³/mol. The Kier molecular flexibility index (Phi) is 3.71. The van der Waals surface area contributed by atoms with Gasteiger partial charge in [-0.05, 0) is 32.0 Å². The highest BCUT2D eigenvalue weighted by atomic mass is 16.4. The monoisotopic (exact) mass is 292 g/mol. The minimum Gasteiger partial charge on any atom is -0.480 e. The van der Waals surface area contributed by atoms with Crippen LogP contribution in [0.25, 0.3) is 0 Å². The molecule has 6 nitrogen and oxygen atoms in total. The summed E-state index contributed by atoms with van der Waals surface area (Å²) in [6, 6.07) is 1.10. The Hall–Kier alpha value is -1.82. The fourth-order valence-electron chi connectivity index (χ4n) is 2.90. The average molecular weight is 292 g/mol. The van der Waals surface area contributed by atoms with Crippen molar-refractivity contribution in [2.45, 2.75) is 38.8 Å². The lowest BCUT2D eigenvalue weighted by Crippen LogP contribution is -2.19. The van der Waals surface area contributed by atoms with Gasteiger partial charge in [-0.2, -0.15) is 0 Å². The third-order valence-electron chi connectivity index (χ3n) is 4.18. The highest BCUT2D eigenvalue weighted by molar-refractivity contribution is 5.98. The van der Waals surface area contributed by atoms with Crippen LogP contribution in [0.3, 0.4) is 0 Å². The minimum atomic E-state index is -0.956. The van der Waals surface area contributed by atoms with E-state index < -0.39 is 12.0 Å². The van der Waals surface area contributed by atoms with Gasteiger partial charge < -0.3 is 14.4 Å². The normalized spacial score (nSPS) is 21.8. The number of likely N-dealkylation sites (tertiary alicyclic amines) is 1. The van der Waals surface area contributed by atoms with E-state index in [0.29, 0.717) is 0 Å². The van der Waals surface area contributed by atoms with E-state index in [2.05, 4.69) is 4.90 Å². The van der Waals surface area contributed by atoms with Gasteiger partial charge in [0.05, 0.1) is 6.54 Å². The molecule has 2 fully saturated rings. The van der Waals surface area contributed by atoms with Gasteiger partial charge in [-0.15, -0.1) is 0 Å². The predicted octanol–water partition coefficient (Wildman–Crippen LogP) is 1.35. The molecular weight excluding hydrogens is 272 g/mol. The minimum absolute atomic E-state index is 0.268. The molecule has 2 aliphatic rings. The third-order valence-corrected chi connectivity index (χ3v) is 4.18. The number of aryl methyl sites for hydroxylation is 1. The van der Waals surface area contributed by atoms with Gasteiger partial charge in [0, 0.05) is 18.5 Å². The molecule has 0 saturated carbocycles. The molecule has 0 aromatic carbocycles. The summed E-state index contributed by atoms with van der Waals surface area (Å²) in [5.74, 6) is -0.170. The van der Waals surface area contributed by atoms with Crippen LogP contribution in [0.1, 0.15) is 41.6 Å². The lowest BCUT2D eigenvalue weighted by atomic mass is 10.2. The second-order valence-electron chi connectivity index (χ2n) is 5.71. The van der Waals surface area contributed by atoms with Gasteiger partial charge in [0.15, 0.2) is 5.76 Å². The van der Waals surface area contributed by atoms with Crippen LogP contribution < -0.4 is 0 Å². The number of carboxylic acid groups (broad SMARTS) is 1. The molecule has 1 aromatic heterocycles. The molecule has 2 saturated heterocycles. The summed E-state index contributed by atoms with van der Waals surface area (Å²) in [5, 5.41) is 8.88. The summed E-state index contributed by atoms with van der Waals surface area (Å²) in [5.41, 5.74) is 1.05. The summed E-state index contributed by atoms with van der Waals surface area (Å²) in [7, 11) is 0. The van der Waals surface area contributed by atoms with Crippen LogP contribution in [0.4, 0.5) is 0 Å². The Morgan fingerprint density at radius 1 is 1.38 bits per heavy atom. The molecule has 1 amide bonds. The van der Waals surface area contributed by atoms with E-state index in [1.54, 1.807) is 6.07 Å². The van der Waals surface area contributed by atoms with Crippen molar-refractivity contribution < 1.29 is 19.1 Å². The molecular formula is C15H20N2O4. The number of carbonyl (C=O) groups is 2. The Bertz CT molecular complexity index is 560. The number of aliphatic carboxylic acids is 1. The van der Waals surface area contributed by atoms with Crippen molar-refractivity contribution in [2.75, 3.05) is 19.6 Å². The second-order valence-corrected chi connectivity index (χ2v) is 5.71. The Morgan fingerprint density at radius 3 is 2.67 bits per heavy atom. The Balaban J connectivity index is 1.73. The number of furan rings is 1. The van der Waals surface area contributed by atoms with Crippen molar-refractivity contribution in [3.05, 3.63) is 23.2 Å². The van der Waals surface area contributed by atoms with Crippen LogP contribution in [0.2, 0.25) is 0 Å². The number of carboxylic acids is 1. The maximum Gasteiger partial charge on any atom is 0.328 e. The van der Waals surface area contributed by atoms with E-state index in [-0.39, 0.29) is 18.2 Å². The highest BCUT2D eigenvalue weighted by Gasteiger charge is 2.45. The zero-order valence-corrected chi connectivity index (χ0v) is 12.2. The molecule has 0 bridgehead atoms. The third kappa shape index (κ3) is 2.81. The van der Waals surface area contributed by atoms with Crippen LogP contribution in [0, 0.1) is 0 Å². The molecule has 0 aliphatic carbocycles. The van der Waals surface area contributed by atoms with Crippen molar-refractivity contribution in [2.24, 2.45) is 0 Å². The quantitative estimate of drug-likeness (QED) is 0.829. The van der Waals surface area contributed by atoms with Crippen molar-refractivity contribution >= 4 is 11.9 Å². The number of hydrogen-bond acceptors (Lipinski definition) is 4. The topological polar surface area (TPSA) is 73.8 Å². The van der Waals surface area contributed by atoms with Crippen molar-refractivity contribution in [3.63, 3.8) is 0 Å². The van der Waals surface area contributed by atoms with Crippen molar-refractivity contribution in [1.29, 1.82) is 0 Å². The summed E-state index contributed by atoms with van der Waals surface area (Å²) in [6.45, 7) is 5.26. The van der Waals surface area contributed by atoms with Gasteiger partial charge in [0.2, 0.25) is 0 Å². The molecule has 114 valence electrons. The number of amides is 1. The molecule has 0 spiro atoms. The van der Waals surface area contributed by atoms with E-state index in [0.717, 1.165) is 37.4 Å². The van der Waals surface area contributed by atoms with Crippen LogP contribution >= 0.6 is 0 Å². The fourth-order valence-corrected chi connectivity index (χ4v) is 2.90. The van der Waals surface area contributed by atoms with E-state index >= 15 is 0 Å². The standard InChI is InChI=1S/C15H20N2O4/c1-2-12-10(8-16-5-3-4-6-16)7-13(21-12)14(18)17-9-11(17)15(19)20/h7,11H,2-6,8-9H2,1H3,(H,19,20)/t11-,17?/m1/s1. The largest absolute Gasteiger partial charge is 0.480 e. The highest BCUT2D eigenvalue weighted by Crippen LogP contribution is 2.26. The summed E-state index contributed by atoms with van der Waals surface area (Å²) < 4.78 is 5.65. The van der Waals surface area contributed by atoms with Crippen LogP contribution in [0.5, 0.6) is 0 Å². The zero-order chi connectivity index (χ0) is 15.0. The first-order valence-corrected chi connectivity index (χ1v) is 7.48. The molecule has 6 heteroatoms. The number of hydrogen-bond donors (Lipinski definition) is 1. The number of nitrogens with zero attached hydrogens (tertiary/aromatic N) is 2. The molecule has 21 heavy (non-hydrogen) atoms. The van der Waals surface area contributed by atoms with E-state index in [1.807, 2.05) is 6.92 Å². The molecule has 3 rings (SSSR count). The lowest BCUT2D eigenvalue weighted by molar-refractivity contribution is -0.137. The molecule has 1 atom stereocenters. The van der Waals surface area contributed by atoms with Gasteiger partial charge >= 0.3 is 5.97 Å². The first kappa shape index (κ1) is 14.1. The average Bonchev–Trinajstić information content (AvgIpc) is 2.92. The van der Waals surface area contributed by atoms with Gasteiger partial charge in [0.25, 0.3) is 5.91 Å². The maximum absolute atomic E-state index is 12.2. The van der Waals surface area contributed by atoms with Crippen molar-refractivity contribution in [1.82, 2.24) is 9.80 Å². The number of carbonyl (C=O) groups excluding carboxylic acids is 1. The summed E-state index contributed by atoms with van der Waals surface area (Å²) in [6.07, 6.45) is 3.18. The van der Waals surface area contributed by atoms with E-state index in [9.17, 15) is 9.59 Å². The summed E-state index contributed by atoms with van der Waals surface area (Å²) in [4.78, 5) is 26.7. The lowest BCUT2D eigenvalue weighted by Gasteiger charge is -2.13. The van der Waals surface area contributed by atoms with Gasteiger partial charge in [-0.1, -0.05) is 6.92 Å². The molecule has 1 N–H and O–H groups in total. The zero-order valence-electron chi connectivity index (χ0n) is 12.2. The fraction of sp³-hybridized carbons (Fsp3) is 0.600. The van der Waals surface area contributed by atoms with E-state index in [4.69, 9.17) is 9.52 Å². The molecule has 3 heterocycles. The molecule has 1 aromatic rings. The van der Waals surface area contributed by atoms with Crippen LogP contribution in [-0.4, -0.2) is 52.5 Å². The molecule has 2 aliphatic heterocycles. The second kappa shape index (κ2) is 5.52. The Morgan fingerprint density at radius 2 is 2.10 bits per heavy atom. The van der Waals surface area contributed by atoms with Gasteiger partial charge in [-0.25, -0.2) is 4.79 Å². The van der Waals surface area contributed by atoms with Crippen molar-refractivity contribution in [3.8, 4) is 0 Å². The SMILES string of the molecule is CCc1oc(C(=O)N2C[C@@H]2C(=O)O)cc1CN1CCCC1. The van der Waals surface area contributed by atoms with Crippen LogP contribution in [-0.2, 0) is 17.8 Å². The smallest absolute Gasteiger partial charge is 0.328 e.